The minimum atomic E-state index is 0.322. The average molecular weight is 258 g/mol. The van der Waals surface area contributed by atoms with Crippen LogP contribution in [0.5, 0.6) is 0 Å². The Bertz CT molecular complexity index is 570. The number of nitrogens with two attached hydrogens (primary N) is 1. The smallest absolute Gasteiger partial charge is 0.153 e. The van der Waals surface area contributed by atoms with E-state index in [0.717, 1.165) is 23.8 Å². The van der Waals surface area contributed by atoms with Crippen LogP contribution in [0, 0.1) is 13.8 Å². The van der Waals surface area contributed by atoms with Gasteiger partial charge in [0.05, 0.1) is 5.69 Å². The number of aryl methyl sites for hydroxylation is 1. The Morgan fingerprint density at radius 1 is 1.26 bits per heavy atom. The van der Waals surface area contributed by atoms with Gasteiger partial charge >= 0.3 is 0 Å². The molecule has 1 aromatic heterocycles. The van der Waals surface area contributed by atoms with Gasteiger partial charge in [0.25, 0.3) is 0 Å². The summed E-state index contributed by atoms with van der Waals surface area (Å²) in [6.45, 7) is 9.03. The van der Waals surface area contributed by atoms with Crippen molar-refractivity contribution in [1.29, 1.82) is 0 Å². The van der Waals surface area contributed by atoms with Crippen molar-refractivity contribution in [2.75, 3.05) is 6.54 Å². The van der Waals surface area contributed by atoms with Gasteiger partial charge in [-0.15, -0.1) is 0 Å². The molecule has 0 unspecified atom stereocenters. The summed E-state index contributed by atoms with van der Waals surface area (Å²) in [4.78, 5) is 4.62. The lowest BCUT2D eigenvalue weighted by molar-refractivity contribution is 0.740. The Hall–Kier alpha value is -1.68. The summed E-state index contributed by atoms with van der Waals surface area (Å²) in [5.41, 5.74) is 9.28. The monoisotopic (exact) mass is 258 g/mol. The normalized spacial score (nSPS) is 11.3. The highest BCUT2D eigenvalue weighted by atomic mass is 15.4. The standard InChI is InChI=1S/C15H22N4/c1-10(2)15-17-14(8-9-16)19(18-15)13-7-5-6-11(3)12(13)4/h5-7,10H,8-9,16H2,1-4H3. The van der Waals surface area contributed by atoms with Crippen molar-refractivity contribution >= 4 is 0 Å². The van der Waals surface area contributed by atoms with Gasteiger partial charge in [0.2, 0.25) is 0 Å². The van der Waals surface area contributed by atoms with Crippen LogP contribution in [0.1, 0.15) is 42.5 Å². The van der Waals surface area contributed by atoms with Crippen LogP contribution in [0.3, 0.4) is 0 Å². The first-order chi connectivity index (χ1) is 9.04. The van der Waals surface area contributed by atoms with Crippen LogP contribution in [0.2, 0.25) is 0 Å². The van der Waals surface area contributed by atoms with E-state index in [-0.39, 0.29) is 0 Å². The molecule has 0 spiro atoms. The molecular formula is C15H22N4. The summed E-state index contributed by atoms with van der Waals surface area (Å²) >= 11 is 0. The van der Waals surface area contributed by atoms with E-state index in [1.807, 2.05) is 4.68 Å². The fraction of sp³-hybridized carbons (Fsp3) is 0.467. The lowest BCUT2D eigenvalue weighted by Crippen LogP contribution is -2.11. The quantitative estimate of drug-likeness (QED) is 0.916. The van der Waals surface area contributed by atoms with E-state index in [9.17, 15) is 0 Å². The molecular weight excluding hydrogens is 236 g/mol. The highest BCUT2D eigenvalue weighted by Crippen LogP contribution is 2.20. The maximum Gasteiger partial charge on any atom is 0.153 e. The zero-order valence-corrected chi connectivity index (χ0v) is 12.1. The number of rotatable bonds is 4. The summed E-state index contributed by atoms with van der Waals surface area (Å²) in [6, 6.07) is 6.25. The SMILES string of the molecule is Cc1cccc(-n2nc(C(C)C)nc2CCN)c1C. The Kier molecular flexibility index (Phi) is 4.00. The molecule has 0 aliphatic heterocycles. The van der Waals surface area contributed by atoms with E-state index >= 15 is 0 Å². The molecule has 19 heavy (non-hydrogen) atoms. The summed E-state index contributed by atoms with van der Waals surface area (Å²) in [5.74, 6) is 2.15. The fourth-order valence-corrected chi connectivity index (χ4v) is 2.06. The van der Waals surface area contributed by atoms with Crippen LogP contribution in [-0.2, 0) is 6.42 Å². The van der Waals surface area contributed by atoms with Gasteiger partial charge in [0.15, 0.2) is 5.82 Å². The van der Waals surface area contributed by atoms with E-state index < -0.39 is 0 Å². The Morgan fingerprint density at radius 3 is 2.63 bits per heavy atom. The molecule has 1 heterocycles. The first-order valence-electron chi connectivity index (χ1n) is 6.77. The molecule has 0 bridgehead atoms. The van der Waals surface area contributed by atoms with Crippen molar-refractivity contribution in [1.82, 2.24) is 14.8 Å². The minimum absolute atomic E-state index is 0.322. The zero-order valence-electron chi connectivity index (χ0n) is 12.1. The first kappa shape index (κ1) is 13.7. The van der Waals surface area contributed by atoms with Gasteiger partial charge < -0.3 is 5.73 Å². The number of hydrogen-bond acceptors (Lipinski definition) is 3. The first-order valence-corrected chi connectivity index (χ1v) is 6.77. The van der Waals surface area contributed by atoms with E-state index in [2.05, 4.69) is 56.0 Å². The van der Waals surface area contributed by atoms with E-state index in [1.54, 1.807) is 0 Å². The molecule has 0 atom stereocenters. The fourth-order valence-electron chi connectivity index (χ4n) is 2.06. The second-order valence-corrected chi connectivity index (χ2v) is 5.21. The van der Waals surface area contributed by atoms with Gasteiger partial charge in [0.1, 0.15) is 5.82 Å². The van der Waals surface area contributed by atoms with Crippen LogP contribution < -0.4 is 5.73 Å². The lowest BCUT2D eigenvalue weighted by Gasteiger charge is -2.10. The molecule has 0 saturated heterocycles. The molecule has 2 rings (SSSR count). The molecule has 4 heteroatoms. The Balaban J connectivity index is 2.56. The minimum Gasteiger partial charge on any atom is -0.330 e. The third kappa shape index (κ3) is 2.68. The van der Waals surface area contributed by atoms with Crippen LogP contribution in [-0.4, -0.2) is 21.3 Å². The van der Waals surface area contributed by atoms with Crippen molar-refractivity contribution in [2.24, 2.45) is 5.73 Å². The topological polar surface area (TPSA) is 56.7 Å². The molecule has 0 fully saturated rings. The van der Waals surface area contributed by atoms with Gasteiger partial charge in [-0.05, 0) is 37.6 Å². The van der Waals surface area contributed by atoms with Crippen molar-refractivity contribution in [3.8, 4) is 5.69 Å². The maximum absolute atomic E-state index is 5.68. The molecule has 4 nitrogen and oxygen atoms in total. The van der Waals surface area contributed by atoms with Crippen LogP contribution in [0.25, 0.3) is 5.69 Å². The molecule has 1 aromatic carbocycles. The van der Waals surface area contributed by atoms with Gasteiger partial charge in [-0.2, -0.15) is 5.10 Å². The molecule has 2 aromatic rings. The number of aromatic nitrogens is 3. The van der Waals surface area contributed by atoms with E-state index in [0.29, 0.717) is 12.5 Å². The van der Waals surface area contributed by atoms with E-state index in [4.69, 9.17) is 5.73 Å². The highest BCUT2D eigenvalue weighted by molar-refractivity contribution is 5.44. The summed E-state index contributed by atoms with van der Waals surface area (Å²) in [7, 11) is 0. The summed E-state index contributed by atoms with van der Waals surface area (Å²) < 4.78 is 1.95. The molecule has 0 saturated carbocycles. The van der Waals surface area contributed by atoms with Crippen molar-refractivity contribution in [2.45, 2.75) is 40.0 Å². The van der Waals surface area contributed by atoms with E-state index in [1.165, 1.54) is 11.1 Å². The summed E-state index contributed by atoms with van der Waals surface area (Å²) in [5, 5.41) is 4.65. The molecule has 0 aliphatic carbocycles. The number of hydrogen-bond donors (Lipinski definition) is 1. The van der Waals surface area contributed by atoms with Gasteiger partial charge in [-0.3, -0.25) is 0 Å². The van der Waals surface area contributed by atoms with Crippen LogP contribution >= 0.6 is 0 Å². The van der Waals surface area contributed by atoms with Crippen LogP contribution in [0.15, 0.2) is 18.2 Å². The third-order valence-electron chi connectivity index (χ3n) is 3.38. The van der Waals surface area contributed by atoms with Crippen LogP contribution in [0.4, 0.5) is 0 Å². The molecule has 102 valence electrons. The molecule has 2 N–H and O–H groups in total. The maximum atomic E-state index is 5.68. The lowest BCUT2D eigenvalue weighted by atomic mass is 10.1. The second-order valence-electron chi connectivity index (χ2n) is 5.21. The van der Waals surface area contributed by atoms with Crippen molar-refractivity contribution < 1.29 is 0 Å². The summed E-state index contributed by atoms with van der Waals surface area (Å²) in [6.07, 6.45) is 0.743. The predicted octanol–water partition coefficient (Wildman–Crippen LogP) is 2.51. The molecule has 0 amide bonds. The third-order valence-corrected chi connectivity index (χ3v) is 3.38. The van der Waals surface area contributed by atoms with Crippen molar-refractivity contribution in [3.63, 3.8) is 0 Å². The molecule has 0 aliphatic rings. The zero-order chi connectivity index (χ0) is 14.0. The van der Waals surface area contributed by atoms with Gasteiger partial charge in [-0.25, -0.2) is 9.67 Å². The Labute approximate surface area is 114 Å². The molecule has 0 radical (unpaired) electrons. The Morgan fingerprint density at radius 2 is 2.00 bits per heavy atom. The van der Waals surface area contributed by atoms with Gasteiger partial charge in [0, 0.05) is 12.3 Å². The predicted molar refractivity (Wildman–Crippen MR) is 77.7 cm³/mol. The van der Waals surface area contributed by atoms with Crippen molar-refractivity contribution in [3.05, 3.63) is 41.0 Å². The number of benzene rings is 1. The highest BCUT2D eigenvalue weighted by Gasteiger charge is 2.15. The van der Waals surface area contributed by atoms with Gasteiger partial charge in [-0.1, -0.05) is 26.0 Å². The number of nitrogens with zero attached hydrogens (tertiary/aromatic N) is 3. The average Bonchev–Trinajstić information content (AvgIpc) is 2.77. The largest absolute Gasteiger partial charge is 0.330 e. The second kappa shape index (κ2) is 5.53.